The molecule has 0 saturated carbocycles. The van der Waals surface area contributed by atoms with Gasteiger partial charge in [0.25, 0.3) is 0 Å². The maximum Gasteiger partial charge on any atom is 0.225 e. The Kier molecular flexibility index (Phi) is 6.02. The topological polar surface area (TPSA) is 78.7 Å². The quantitative estimate of drug-likeness (QED) is 0.655. The minimum absolute atomic E-state index is 0.0613. The Hall–Kier alpha value is -2.39. The molecule has 128 valence electrons. The SMILES string of the molecule is N#Cc1cc2c(nc1SCCC(=O)Nc1cccnc1)CCCCC2. The Morgan fingerprint density at radius 3 is 3.00 bits per heavy atom. The lowest BCUT2D eigenvalue weighted by Gasteiger charge is -2.10. The number of hydrogen-bond acceptors (Lipinski definition) is 5. The third-order valence-electron chi connectivity index (χ3n) is 4.15. The van der Waals surface area contributed by atoms with Gasteiger partial charge in [-0.2, -0.15) is 5.26 Å². The number of nitrogens with zero attached hydrogens (tertiary/aromatic N) is 3. The van der Waals surface area contributed by atoms with Crippen molar-refractivity contribution >= 4 is 23.4 Å². The van der Waals surface area contributed by atoms with Crippen LogP contribution in [0.15, 0.2) is 35.6 Å². The van der Waals surface area contributed by atoms with E-state index in [2.05, 4.69) is 16.4 Å². The number of aryl methyl sites for hydroxylation is 2. The summed E-state index contributed by atoms with van der Waals surface area (Å²) in [4.78, 5) is 20.7. The zero-order valence-corrected chi connectivity index (χ0v) is 14.8. The third-order valence-corrected chi connectivity index (χ3v) is 5.14. The highest BCUT2D eigenvalue weighted by molar-refractivity contribution is 7.99. The fraction of sp³-hybridized carbons (Fsp3) is 0.368. The Balaban J connectivity index is 1.60. The first kappa shape index (κ1) is 17.4. The maximum atomic E-state index is 12.0. The van der Waals surface area contributed by atoms with E-state index in [0.717, 1.165) is 30.0 Å². The number of carbonyl (C=O) groups is 1. The highest BCUT2D eigenvalue weighted by Crippen LogP contribution is 2.27. The molecule has 1 amide bonds. The van der Waals surface area contributed by atoms with Gasteiger partial charge in [0, 0.05) is 24.1 Å². The van der Waals surface area contributed by atoms with Gasteiger partial charge in [0.15, 0.2) is 0 Å². The minimum Gasteiger partial charge on any atom is -0.325 e. The standard InChI is InChI=1S/C19H20N4OS/c20-12-15-11-14-5-2-1-3-7-17(14)23-19(15)25-10-8-18(24)22-16-6-4-9-21-13-16/h4,6,9,11,13H,1-3,5,7-8,10H2,(H,22,24). The molecule has 0 aromatic carbocycles. The molecule has 5 nitrogen and oxygen atoms in total. The van der Waals surface area contributed by atoms with Crippen LogP contribution in [0.4, 0.5) is 5.69 Å². The van der Waals surface area contributed by atoms with Crippen LogP contribution in [0.25, 0.3) is 0 Å². The molecule has 0 atom stereocenters. The van der Waals surface area contributed by atoms with Crippen molar-refractivity contribution in [1.29, 1.82) is 5.26 Å². The van der Waals surface area contributed by atoms with Crippen molar-refractivity contribution < 1.29 is 4.79 Å². The van der Waals surface area contributed by atoms with Gasteiger partial charge in [-0.1, -0.05) is 6.42 Å². The molecule has 0 saturated heterocycles. The summed E-state index contributed by atoms with van der Waals surface area (Å²) in [7, 11) is 0. The van der Waals surface area contributed by atoms with Crippen LogP contribution in [0, 0.1) is 11.3 Å². The maximum absolute atomic E-state index is 12.0. The summed E-state index contributed by atoms with van der Waals surface area (Å²) in [5.74, 6) is 0.529. The van der Waals surface area contributed by atoms with Gasteiger partial charge < -0.3 is 5.32 Å². The number of nitrogens with one attached hydrogen (secondary N) is 1. The molecule has 0 unspecified atom stereocenters. The number of nitriles is 1. The largest absolute Gasteiger partial charge is 0.325 e. The van der Waals surface area contributed by atoms with Gasteiger partial charge in [-0.3, -0.25) is 9.78 Å². The van der Waals surface area contributed by atoms with Crippen molar-refractivity contribution in [2.45, 2.75) is 43.6 Å². The normalized spacial score (nSPS) is 13.4. The summed E-state index contributed by atoms with van der Waals surface area (Å²) in [6, 6.07) is 7.83. The number of rotatable bonds is 5. The summed E-state index contributed by atoms with van der Waals surface area (Å²) in [6.07, 6.45) is 9.18. The summed E-state index contributed by atoms with van der Waals surface area (Å²) >= 11 is 1.48. The van der Waals surface area contributed by atoms with Crippen molar-refractivity contribution in [2.75, 3.05) is 11.1 Å². The lowest BCUT2D eigenvalue weighted by molar-refractivity contribution is -0.115. The number of amides is 1. The number of fused-ring (bicyclic) bond motifs is 1. The number of thioether (sulfide) groups is 1. The highest BCUT2D eigenvalue weighted by atomic mass is 32.2. The number of aromatic nitrogens is 2. The summed E-state index contributed by atoms with van der Waals surface area (Å²) in [6.45, 7) is 0. The van der Waals surface area contributed by atoms with E-state index < -0.39 is 0 Å². The van der Waals surface area contributed by atoms with Gasteiger partial charge in [-0.05, 0) is 49.4 Å². The molecule has 0 radical (unpaired) electrons. The average molecular weight is 352 g/mol. The molecule has 1 N–H and O–H groups in total. The van der Waals surface area contributed by atoms with Gasteiger partial charge in [0.2, 0.25) is 5.91 Å². The molecule has 1 aliphatic rings. The van der Waals surface area contributed by atoms with E-state index in [4.69, 9.17) is 4.98 Å². The first-order valence-corrected chi connectivity index (χ1v) is 9.50. The van der Waals surface area contributed by atoms with Crippen molar-refractivity contribution in [1.82, 2.24) is 9.97 Å². The van der Waals surface area contributed by atoms with Crippen LogP contribution in [0.1, 0.15) is 42.5 Å². The summed E-state index contributed by atoms with van der Waals surface area (Å²) in [5.41, 5.74) is 3.66. The zero-order valence-electron chi connectivity index (χ0n) is 14.0. The molecule has 2 heterocycles. The fourth-order valence-corrected chi connectivity index (χ4v) is 3.80. The Labute approximate surface area is 151 Å². The second kappa shape index (κ2) is 8.63. The van der Waals surface area contributed by atoms with E-state index in [9.17, 15) is 10.1 Å². The first-order valence-electron chi connectivity index (χ1n) is 8.52. The molecule has 0 aliphatic heterocycles. The average Bonchev–Trinajstić information content (AvgIpc) is 2.86. The van der Waals surface area contributed by atoms with Crippen molar-refractivity contribution in [3.05, 3.63) is 47.4 Å². The number of pyridine rings is 2. The predicted octanol–water partition coefficient (Wildman–Crippen LogP) is 3.74. The molecule has 0 spiro atoms. The van der Waals surface area contributed by atoms with Gasteiger partial charge in [0.05, 0.1) is 17.4 Å². The van der Waals surface area contributed by atoms with Crippen LogP contribution in [0.5, 0.6) is 0 Å². The number of anilines is 1. The summed E-state index contributed by atoms with van der Waals surface area (Å²) < 4.78 is 0. The second-order valence-corrected chi connectivity index (χ2v) is 7.09. The van der Waals surface area contributed by atoms with Crippen LogP contribution in [0.3, 0.4) is 0 Å². The van der Waals surface area contributed by atoms with Gasteiger partial charge in [-0.25, -0.2) is 4.98 Å². The fourth-order valence-electron chi connectivity index (χ4n) is 2.88. The van der Waals surface area contributed by atoms with E-state index in [1.165, 1.54) is 30.2 Å². The van der Waals surface area contributed by atoms with Crippen LogP contribution >= 0.6 is 11.8 Å². The van der Waals surface area contributed by atoms with Crippen LogP contribution in [-0.2, 0) is 17.6 Å². The zero-order chi connectivity index (χ0) is 17.5. The second-order valence-electron chi connectivity index (χ2n) is 6.01. The molecule has 0 fully saturated rings. The highest BCUT2D eigenvalue weighted by Gasteiger charge is 2.15. The lowest BCUT2D eigenvalue weighted by Crippen LogP contribution is -2.12. The van der Waals surface area contributed by atoms with E-state index in [1.807, 2.05) is 6.07 Å². The van der Waals surface area contributed by atoms with Gasteiger partial charge in [-0.15, -0.1) is 11.8 Å². The molecule has 2 aromatic rings. The first-order chi connectivity index (χ1) is 12.3. The number of carbonyl (C=O) groups excluding carboxylic acids is 1. The number of hydrogen-bond donors (Lipinski definition) is 1. The molecule has 0 bridgehead atoms. The molecule has 6 heteroatoms. The van der Waals surface area contributed by atoms with Crippen LogP contribution in [0.2, 0.25) is 0 Å². The Bertz CT molecular complexity index is 786. The van der Waals surface area contributed by atoms with Crippen molar-refractivity contribution in [3.8, 4) is 6.07 Å². The van der Waals surface area contributed by atoms with Crippen molar-refractivity contribution in [2.24, 2.45) is 0 Å². The Morgan fingerprint density at radius 1 is 1.32 bits per heavy atom. The molecule has 25 heavy (non-hydrogen) atoms. The summed E-state index contributed by atoms with van der Waals surface area (Å²) in [5, 5.41) is 13.0. The molecular weight excluding hydrogens is 332 g/mol. The lowest BCUT2D eigenvalue weighted by atomic mass is 10.1. The Morgan fingerprint density at radius 2 is 2.20 bits per heavy atom. The monoisotopic (exact) mass is 352 g/mol. The predicted molar refractivity (Wildman–Crippen MR) is 98.4 cm³/mol. The van der Waals surface area contributed by atoms with E-state index >= 15 is 0 Å². The molecular formula is C19H20N4OS. The van der Waals surface area contributed by atoms with Crippen LogP contribution < -0.4 is 5.32 Å². The minimum atomic E-state index is -0.0613. The molecule has 1 aliphatic carbocycles. The van der Waals surface area contributed by atoms with Crippen molar-refractivity contribution in [3.63, 3.8) is 0 Å². The van der Waals surface area contributed by atoms with Gasteiger partial charge in [0.1, 0.15) is 11.1 Å². The smallest absolute Gasteiger partial charge is 0.225 e. The third kappa shape index (κ3) is 4.80. The molecule has 2 aromatic heterocycles. The van der Waals surface area contributed by atoms with Gasteiger partial charge >= 0.3 is 0 Å². The van der Waals surface area contributed by atoms with E-state index in [-0.39, 0.29) is 5.91 Å². The van der Waals surface area contributed by atoms with E-state index in [0.29, 0.717) is 23.4 Å². The molecule has 3 rings (SSSR count). The van der Waals surface area contributed by atoms with E-state index in [1.54, 1.807) is 24.5 Å². The van der Waals surface area contributed by atoms with Crippen LogP contribution in [-0.4, -0.2) is 21.6 Å².